The van der Waals surface area contributed by atoms with Crippen molar-refractivity contribution in [3.05, 3.63) is 97.9 Å². The zero-order valence-electron chi connectivity index (χ0n) is 12.8. The minimum Gasteiger partial charge on any atom is -0.268 e. The van der Waals surface area contributed by atoms with Crippen LogP contribution in [0, 0.1) is 6.92 Å². The first-order valence-corrected chi connectivity index (χ1v) is 7.86. The van der Waals surface area contributed by atoms with E-state index in [1.807, 2.05) is 18.2 Å². The van der Waals surface area contributed by atoms with Crippen LogP contribution in [-0.4, -0.2) is 10.2 Å². The Labute approximate surface area is 140 Å². The van der Waals surface area contributed by atoms with E-state index in [0.717, 1.165) is 28.3 Å². The molecule has 0 atom stereocenters. The van der Waals surface area contributed by atoms with Crippen molar-refractivity contribution in [1.82, 2.24) is 10.2 Å². The number of aromatic amines is 1. The number of nitrogens with zero attached hydrogens (tertiary/aromatic N) is 1. The Bertz CT molecular complexity index is 866. The van der Waals surface area contributed by atoms with Crippen LogP contribution in [0.1, 0.15) is 27.9 Å². The summed E-state index contributed by atoms with van der Waals surface area (Å²) in [6.07, 6.45) is 1.49. The molecule has 0 unspecified atom stereocenters. The van der Waals surface area contributed by atoms with Gasteiger partial charge in [-0.25, -0.2) is 5.10 Å². The molecule has 0 saturated carbocycles. The maximum Gasteiger partial charge on any atom is 0.264 e. The van der Waals surface area contributed by atoms with E-state index in [9.17, 15) is 4.79 Å². The van der Waals surface area contributed by atoms with Gasteiger partial charge in [-0.2, -0.15) is 5.10 Å². The fraction of sp³-hybridized carbons (Fsp3) is 0.158. The molecule has 3 aromatic rings. The largest absolute Gasteiger partial charge is 0.268 e. The van der Waals surface area contributed by atoms with Gasteiger partial charge in [0.25, 0.3) is 5.56 Å². The normalized spacial score (nSPS) is 10.7. The minimum absolute atomic E-state index is 0.183. The van der Waals surface area contributed by atoms with Crippen LogP contribution in [0.2, 0.25) is 5.02 Å². The Hall–Kier alpha value is -2.39. The number of rotatable bonds is 4. The molecule has 0 spiro atoms. The molecular formula is C19H17ClN2O. The van der Waals surface area contributed by atoms with Gasteiger partial charge in [-0.1, -0.05) is 48.0 Å². The number of aryl methyl sites for hydroxylation is 1. The Morgan fingerprint density at radius 3 is 2.57 bits per heavy atom. The number of hydrogen-bond donors (Lipinski definition) is 1. The molecule has 0 aliphatic heterocycles. The quantitative estimate of drug-likeness (QED) is 0.790. The van der Waals surface area contributed by atoms with E-state index in [-0.39, 0.29) is 5.56 Å². The highest BCUT2D eigenvalue weighted by Crippen LogP contribution is 2.22. The SMILES string of the molecule is Cc1ccc(Cc2ccc(=O)[nH]n2)cc1Cc1ccccc1Cl. The molecular weight excluding hydrogens is 308 g/mol. The van der Waals surface area contributed by atoms with Crippen LogP contribution in [0.15, 0.2) is 59.4 Å². The van der Waals surface area contributed by atoms with Crippen molar-refractivity contribution in [3.8, 4) is 0 Å². The van der Waals surface area contributed by atoms with Gasteiger partial charge in [0.1, 0.15) is 0 Å². The highest BCUT2D eigenvalue weighted by molar-refractivity contribution is 6.31. The fourth-order valence-corrected chi connectivity index (χ4v) is 2.76. The third kappa shape index (κ3) is 3.88. The molecule has 23 heavy (non-hydrogen) atoms. The van der Waals surface area contributed by atoms with Gasteiger partial charge in [0.05, 0.1) is 5.69 Å². The van der Waals surface area contributed by atoms with Crippen molar-refractivity contribution in [2.75, 3.05) is 0 Å². The van der Waals surface area contributed by atoms with Crippen molar-refractivity contribution in [1.29, 1.82) is 0 Å². The third-order valence-electron chi connectivity index (χ3n) is 3.87. The van der Waals surface area contributed by atoms with Crippen LogP contribution in [-0.2, 0) is 12.8 Å². The van der Waals surface area contributed by atoms with Crippen LogP contribution in [0.4, 0.5) is 0 Å². The van der Waals surface area contributed by atoms with Crippen LogP contribution in [0.3, 0.4) is 0 Å². The summed E-state index contributed by atoms with van der Waals surface area (Å²) in [5.41, 5.74) is 5.44. The first-order valence-electron chi connectivity index (χ1n) is 7.48. The van der Waals surface area contributed by atoms with E-state index in [4.69, 9.17) is 11.6 Å². The number of H-pyrrole nitrogens is 1. The molecule has 2 aromatic carbocycles. The third-order valence-corrected chi connectivity index (χ3v) is 4.24. The van der Waals surface area contributed by atoms with Gasteiger partial charge >= 0.3 is 0 Å². The lowest BCUT2D eigenvalue weighted by Crippen LogP contribution is -2.07. The highest BCUT2D eigenvalue weighted by Gasteiger charge is 2.06. The lowest BCUT2D eigenvalue weighted by atomic mass is 9.96. The number of benzene rings is 2. The first-order chi connectivity index (χ1) is 11.1. The minimum atomic E-state index is -0.183. The van der Waals surface area contributed by atoms with Crippen LogP contribution < -0.4 is 5.56 Å². The summed E-state index contributed by atoms with van der Waals surface area (Å²) in [5, 5.41) is 7.33. The molecule has 0 saturated heterocycles. The molecule has 0 aliphatic rings. The maximum atomic E-state index is 11.1. The van der Waals surface area contributed by atoms with Gasteiger partial charge in [0.2, 0.25) is 0 Å². The average Bonchev–Trinajstić information content (AvgIpc) is 2.55. The van der Waals surface area contributed by atoms with Crippen molar-refractivity contribution in [2.24, 2.45) is 0 Å². The highest BCUT2D eigenvalue weighted by atomic mass is 35.5. The second-order valence-electron chi connectivity index (χ2n) is 5.62. The summed E-state index contributed by atoms with van der Waals surface area (Å²) in [6, 6.07) is 17.6. The Balaban J connectivity index is 1.85. The molecule has 1 N–H and O–H groups in total. The molecule has 1 heterocycles. The second-order valence-corrected chi connectivity index (χ2v) is 6.03. The maximum absolute atomic E-state index is 11.1. The predicted molar refractivity (Wildman–Crippen MR) is 93.1 cm³/mol. The number of halogens is 1. The molecule has 116 valence electrons. The topological polar surface area (TPSA) is 45.8 Å². The smallest absolute Gasteiger partial charge is 0.264 e. The van der Waals surface area contributed by atoms with Gasteiger partial charge in [-0.3, -0.25) is 4.79 Å². The van der Waals surface area contributed by atoms with E-state index in [0.29, 0.717) is 6.42 Å². The zero-order valence-corrected chi connectivity index (χ0v) is 13.6. The summed E-state index contributed by atoms with van der Waals surface area (Å²) < 4.78 is 0. The van der Waals surface area contributed by atoms with E-state index in [1.54, 1.807) is 6.07 Å². The summed E-state index contributed by atoms with van der Waals surface area (Å²) in [5.74, 6) is 0. The number of nitrogens with one attached hydrogen (secondary N) is 1. The molecule has 0 aliphatic carbocycles. The van der Waals surface area contributed by atoms with E-state index in [1.165, 1.54) is 17.2 Å². The molecule has 0 radical (unpaired) electrons. The fourth-order valence-electron chi connectivity index (χ4n) is 2.55. The lowest BCUT2D eigenvalue weighted by Gasteiger charge is -2.10. The molecule has 3 rings (SSSR count). The van der Waals surface area contributed by atoms with E-state index < -0.39 is 0 Å². The lowest BCUT2D eigenvalue weighted by molar-refractivity contribution is 0.909. The molecule has 3 nitrogen and oxygen atoms in total. The van der Waals surface area contributed by atoms with Crippen molar-refractivity contribution in [2.45, 2.75) is 19.8 Å². The van der Waals surface area contributed by atoms with Crippen molar-refractivity contribution >= 4 is 11.6 Å². The number of aromatic nitrogens is 2. The van der Waals surface area contributed by atoms with E-state index >= 15 is 0 Å². The summed E-state index contributed by atoms with van der Waals surface area (Å²) in [4.78, 5) is 11.1. The first kappa shape index (κ1) is 15.5. The zero-order chi connectivity index (χ0) is 16.2. The molecule has 1 aromatic heterocycles. The van der Waals surface area contributed by atoms with Gasteiger partial charge < -0.3 is 0 Å². The molecule has 0 fully saturated rings. The number of hydrogen-bond acceptors (Lipinski definition) is 2. The molecule has 0 bridgehead atoms. The van der Waals surface area contributed by atoms with Gasteiger partial charge in [0.15, 0.2) is 0 Å². The van der Waals surface area contributed by atoms with Gasteiger partial charge in [-0.15, -0.1) is 0 Å². The molecule has 0 amide bonds. The van der Waals surface area contributed by atoms with E-state index in [2.05, 4.69) is 41.4 Å². The Morgan fingerprint density at radius 1 is 1.00 bits per heavy atom. The van der Waals surface area contributed by atoms with Crippen LogP contribution >= 0.6 is 11.6 Å². The van der Waals surface area contributed by atoms with Crippen LogP contribution in [0.5, 0.6) is 0 Å². The van der Waals surface area contributed by atoms with Crippen molar-refractivity contribution in [3.63, 3.8) is 0 Å². The summed E-state index contributed by atoms with van der Waals surface area (Å²) >= 11 is 6.27. The Kier molecular flexibility index (Phi) is 4.58. The molecule has 4 heteroatoms. The Morgan fingerprint density at radius 2 is 1.83 bits per heavy atom. The second kappa shape index (κ2) is 6.80. The predicted octanol–water partition coefficient (Wildman–Crippen LogP) is 3.91. The van der Waals surface area contributed by atoms with Gasteiger partial charge in [-0.05, 0) is 47.7 Å². The monoisotopic (exact) mass is 324 g/mol. The average molecular weight is 325 g/mol. The standard InChI is InChI=1S/C19H17ClN2O/c1-13-6-7-14(11-17-8-9-19(23)22-21-17)10-16(13)12-15-4-2-3-5-18(15)20/h2-10H,11-12H2,1H3,(H,22,23). The van der Waals surface area contributed by atoms with Crippen LogP contribution in [0.25, 0.3) is 0 Å². The summed E-state index contributed by atoms with van der Waals surface area (Å²) in [6.45, 7) is 2.11. The van der Waals surface area contributed by atoms with Crippen molar-refractivity contribution < 1.29 is 0 Å². The summed E-state index contributed by atoms with van der Waals surface area (Å²) in [7, 11) is 0. The van der Waals surface area contributed by atoms with Gasteiger partial charge in [0, 0.05) is 17.5 Å².